The number of rotatable bonds is 2. The Labute approximate surface area is 118 Å². The number of hydrogen-bond donors (Lipinski definition) is 0. The van der Waals surface area contributed by atoms with E-state index in [0.29, 0.717) is 0 Å². The summed E-state index contributed by atoms with van der Waals surface area (Å²) in [5.41, 5.74) is 3.37. The van der Waals surface area contributed by atoms with E-state index in [1.165, 1.54) is 0 Å². The van der Waals surface area contributed by atoms with Crippen molar-refractivity contribution in [3.8, 4) is 0 Å². The minimum atomic E-state index is 0.191. The van der Waals surface area contributed by atoms with E-state index >= 15 is 0 Å². The summed E-state index contributed by atoms with van der Waals surface area (Å²) in [6.07, 6.45) is 0.915. The maximum atomic E-state index is 6.33. The van der Waals surface area contributed by atoms with Crippen LogP contribution in [0, 0.1) is 0 Å². The average molecular weight is 271 g/mol. The van der Waals surface area contributed by atoms with Gasteiger partial charge in [-0.05, 0) is 30.7 Å². The summed E-state index contributed by atoms with van der Waals surface area (Å²) >= 11 is 6.33. The Balaban J connectivity index is 2.01. The zero-order valence-corrected chi connectivity index (χ0v) is 11.5. The molecule has 1 aliphatic rings. The van der Waals surface area contributed by atoms with Gasteiger partial charge in [-0.1, -0.05) is 48.0 Å². The Hall–Kier alpha value is -1.80. The van der Waals surface area contributed by atoms with Gasteiger partial charge in [0.05, 0.1) is 11.7 Å². The molecule has 0 N–H and O–H groups in total. The van der Waals surface area contributed by atoms with Gasteiger partial charge >= 0.3 is 0 Å². The summed E-state index contributed by atoms with van der Waals surface area (Å²) in [6, 6.07) is 18.4. The fourth-order valence-electron chi connectivity index (χ4n) is 2.47. The third-order valence-corrected chi connectivity index (χ3v) is 3.69. The van der Waals surface area contributed by atoms with E-state index in [-0.39, 0.29) is 6.04 Å². The molecule has 19 heavy (non-hydrogen) atoms. The third-order valence-electron chi connectivity index (χ3n) is 3.35. The molecule has 0 aliphatic carbocycles. The van der Waals surface area contributed by atoms with Crippen molar-refractivity contribution in [1.82, 2.24) is 0 Å². The van der Waals surface area contributed by atoms with Crippen LogP contribution >= 0.6 is 11.6 Å². The fourth-order valence-corrected chi connectivity index (χ4v) is 2.73. The molecule has 0 aromatic heterocycles. The van der Waals surface area contributed by atoms with Gasteiger partial charge in [0.25, 0.3) is 0 Å². The van der Waals surface area contributed by atoms with Gasteiger partial charge in [-0.3, -0.25) is 5.01 Å². The predicted molar refractivity (Wildman–Crippen MR) is 80.8 cm³/mol. The van der Waals surface area contributed by atoms with E-state index in [0.717, 1.165) is 28.4 Å². The van der Waals surface area contributed by atoms with Crippen molar-refractivity contribution in [3.63, 3.8) is 0 Å². The van der Waals surface area contributed by atoms with Gasteiger partial charge in [0.1, 0.15) is 0 Å². The number of hydrogen-bond acceptors (Lipinski definition) is 2. The molecule has 1 aliphatic heterocycles. The van der Waals surface area contributed by atoms with Crippen molar-refractivity contribution in [3.05, 3.63) is 65.2 Å². The van der Waals surface area contributed by atoms with Crippen molar-refractivity contribution in [2.75, 3.05) is 5.01 Å². The first-order valence-corrected chi connectivity index (χ1v) is 6.76. The zero-order chi connectivity index (χ0) is 13.2. The Bertz CT molecular complexity index is 607. The van der Waals surface area contributed by atoms with E-state index in [1.807, 2.05) is 36.4 Å². The van der Waals surface area contributed by atoms with Crippen molar-refractivity contribution in [1.29, 1.82) is 0 Å². The first kappa shape index (κ1) is 12.2. The Morgan fingerprint density at radius 3 is 2.47 bits per heavy atom. The number of anilines is 1. The molecule has 0 amide bonds. The topological polar surface area (TPSA) is 15.6 Å². The number of hydrazone groups is 1. The summed E-state index contributed by atoms with van der Waals surface area (Å²) in [6.45, 7) is 2.06. The molecule has 0 spiro atoms. The molecular formula is C16H15ClN2. The van der Waals surface area contributed by atoms with E-state index in [2.05, 4.69) is 35.2 Å². The molecule has 0 bridgehead atoms. The van der Waals surface area contributed by atoms with E-state index in [1.54, 1.807) is 0 Å². The smallest absolute Gasteiger partial charge is 0.0842 e. The van der Waals surface area contributed by atoms with Gasteiger partial charge < -0.3 is 0 Å². The number of halogens is 1. The van der Waals surface area contributed by atoms with Crippen molar-refractivity contribution in [2.45, 2.75) is 19.4 Å². The number of benzene rings is 2. The van der Waals surface area contributed by atoms with Gasteiger partial charge in [-0.2, -0.15) is 5.10 Å². The van der Waals surface area contributed by atoms with Crippen LogP contribution in [0.2, 0.25) is 5.02 Å². The highest BCUT2D eigenvalue weighted by atomic mass is 35.5. The summed E-state index contributed by atoms with van der Waals surface area (Å²) in [5, 5.41) is 7.52. The van der Waals surface area contributed by atoms with Crippen LogP contribution in [0.25, 0.3) is 0 Å². The van der Waals surface area contributed by atoms with Gasteiger partial charge in [-0.25, -0.2) is 0 Å². The van der Waals surface area contributed by atoms with Crippen LogP contribution in [0.5, 0.6) is 0 Å². The van der Waals surface area contributed by atoms with Crippen LogP contribution in [0.3, 0.4) is 0 Å². The molecule has 1 atom stereocenters. The van der Waals surface area contributed by atoms with Crippen molar-refractivity contribution < 1.29 is 0 Å². The van der Waals surface area contributed by atoms with E-state index in [9.17, 15) is 0 Å². The lowest BCUT2D eigenvalue weighted by Gasteiger charge is -2.24. The quantitative estimate of drug-likeness (QED) is 0.774. The van der Waals surface area contributed by atoms with Gasteiger partial charge in [0.15, 0.2) is 0 Å². The Kier molecular flexibility index (Phi) is 3.26. The third kappa shape index (κ3) is 2.36. The molecule has 2 nitrogen and oxygen atoms in total. The number of para-hydroxylation sites is 1. The highest BCUT2D eigenvalue weighted by Gasteiger charge is 2.28. The van der Waals surface area contributed by atoms with E-state index < -0.39 is 0 Å². The molecule has 3 heteroatoms. The van der Waals surface area contributed by atoms with E-state index in [4.69, 9.17) is 11.6 Å². The lowest BCUT2D eigenvalue weighted by Crippen LogP contribution is -2.18. The Morgan fingerprint density at radius 2 is 1.74 bits per heavy atom. The van der Waals surface area contributed by atoms with Gasteiger partial charge in [0.2, 0.25) is 0 Å². The fraction of sp³-hybridized carbons (Fsp3) is 0.188. The standard InChI is InChI=1S/C16H15ClN2/c1-12-11-16(14-9-5-6-10-15(14)17)19(18-12)13-7-3-2-4-8-13/h2-10,16H,11H2,1H3. The first-order valence-electron chi connectivity index (χ1n) is 6.38. The molecule has 2 aromatic carbocycles. The van der Waals surface area contributed by atoms with Crippen LogP contribution < -0.4 is 5.01 Å². The largest absolute Gasteiger partial charge is 0.258 e. The summed E-state index contributed by atoms with van der Waals surface area (Å²) in [5.74, 6) is 0. The predicted octanol–water partition coefficient (Wildman–Crippen LogP) is 4.67. The lowest BCUT2D eigenvalue weighted by atomic mass is 10.0. The van der Waals surface area contributed by atoms with Crippen LogP contribution in [-0.2, 0) is 0 Å². The van der Waals surface area contributed by atoms with Crippen LogP contribution in [0.4, 0.5) is 5.69 Å². The minimum Gasteiger partial charge on any atom is -0.258 e. The lowest BCUT2D eigenvalue weighted by molar-refractivity contribution is 0.709. The Morgan fingerprint density at radius 1 is 1.05 bits per heavy atom. The normalized spacial score (nSPS) is 18.5. The maximum Gasteiger partial charge on any atom is 0.0842 e. The minimum absolute atomic E-state index is 0.191. The second-order valence-electron chi connectivity index (χ2n) is 4.76. The summed E-state index contributed by atoms with van der Waals surface area (Å²) in [7, 11) is 0. The molecule has 96 valence electrons. The monoisotopic (exact) mass is 270 g/mol. The van der Waals surface area contributed by atoms with Gasteiger partial charge in [0, 0.05) is 17.2 Å². The molecule has 0 fully saturated rings. The molecule has 1 heterocycles. The van der Waals surface area contributed by atoms with Crippen LogP contribution in [0.1, 0.15) is 24.9 Å². The zero-order valence-electron chi connectivity index (χ0n) is 10.8. The second-order valence-corrected chi connectivity index (χ2v) is 5.16. The molecular weight excluding hydrogens is 256 g/mol. The molecule has 0 saturated carbocycles. The highest BCUT2D eigenvalue weighted by Crippen LogP contribution is 2.37. The van der Waals surface area contributed by atoms with Crippen molar-refractivity contribution in [2.24, 2.45) is 5.10 Å². The van der Waals surface area contributed by atoms with Crippen LogP contribution in [-0.4, -0.2) is 5.71 Å². The van der Waals surface area contributed by atoms with Crippen molar-refractivity contribution >= 4 is 23.0 Å². The maximum absolute atomic E-state index is 6.33. The number of nitrogens with zero attached hydrogens (tertiary/aromatic N) is 2. The van der Waals surface area contributed by atoms with Gasteiger partial charge in [-0.15, -0.1) is 0 Å². The molecule has 1 unspecified atom stereocenters. The molecule has 0 radical (unpaired) electrons. The summed E-state index contributed by atoms with van der Waals surface area (Å²) in [4.78, 5) is 0. The average Bonchev–Trinajstić information content (AvgIpc) is 2.82. The summed E-state index contributed by atoms with van der Waals surface area (Å²) < 4.78 is 0. The molecule has 3 rings (SSSR count). The highest BCUT2D eigenvalue weighted by molar-refractivity contribution is 6.31. The molecule has 0 saturated heterocycles. The second kappa shape index (κ2) is 5.06. The van der Waals surface area contributed by atoms with Crippen LogP contribution in [0.15, 0.2) is 59.7 Å². The first-order chi connectivity index (χ1) is 9.25. The SMILES string of the molecule is CC1=NN(c2ccccc2)C(c2ccccc2Cl)C1. The molecule has 2 aromatic rings.